The van der Waals surface area contributed by atoms with Gasteiger partial charge in [-0.15, -0.1) is 0 Å². The fourth-order valence-electron chi connectivity index (χ4n) is 1.93. The lowest BCUT2D eigenvalue weighted by molar-refractivity contribution is -0.118. The minimum Gasteiger partial charge on any atom is -0.370 e. The quantitative estimate of drug-likeness (QED) is 0.884. The van der Waals surface area contributed by atoms with E-state index in [1.165, 1.54) is 12.1 Å². The zero-order valence-electron chi connectivity index (χ0n) is 10.3. The molecule has 1 amide bonds. The van der Waals surface area contributed by atoms with Crippen LogP contribution in [0.4, 0.5) is 4.39 Å². The Morgan fingerprint density at radius 2 is 1.79 bits per heavy atom. The van der Waals surface area contributed by atoms with Crippen molar-refractivity contribution in [1.29, 1.82) is 0 Å². The molecule has 3 nitrogen and oxygen atoms in total. The molecule has 19 heavy (non-hydrogen) atoms. The van der Waals surface area contributed by atoms with Gasteiger partial charge in [0.05, 0.1) is 0 Å². The predicted octanol–water partition coefficient (Wildman–Crippen LogP) is 2.37. The topological polar surface area (TPSA) is 69.1 Å². The summed E-state index contributed by atoms with van der Waals surface area (Å²) in [5.41, 5.74) is 13.5. The highest BCUT2D eigenvalue weighted by Crippen LogP contribution is 2.22. The van der Waals surface area contributed by atoms with E-state index in [2.05, 4.69) is 0 Å². The molecule has 0 aliphatic rings. The molecule has 2 rings (SSSR count). The number of hydrogen-bond donors (Lipinski definition) is 2. The smallest absolute Gasteiger partial charge is 0.219 e. The number of halogens is 1. The van der Waals surface area contributed by atoms with Crippen molar-refractivity contribution in [3.05, 3.63) is 59.9 Å². The van der Waals surface area contributed by atoms with Crippen molar-refractivity contribution < 1.29 is 9.18 Å². The number of carbonyl (C=O) groups excluding carboxylic acids is 1. The molecule has 1 unspecified atom stereocenters. The van der Waals surface area contributed by atoms with Crippen LogP contribution >= 0.6 is 0 Å². The van der Waals surface area contributed by atoms with E-state index in [1.807, 2.05) is 30.3 Å². The van der Waals surface area contributed by atoms with Gasteiger partial charge < -0.3 is 11.5 Å². The lowest BCUT2D eigenvalue weighted by Crippen LogP contribution is -2.20. The van der Waals surface area contributed by atoms with Crippen LogP contribution in [0, 0.1) is 5.82 Å². The maximum absolute atomic E-state index is 13.1. The fourth-order valence-corrected chi connectivity index (χ4v) is 1.93. The average Bonchev–Trinajstić information content (AvgIpc) is 2.38. The second kappa shape index (κ2) is 5.63. The third-order valence-electron chi connectivity index (χ3n) is 2.92. The van der Waals surface area contributed by atoms with Crippen LogP contribution < -0.4 is 11.5 Å². The Balaban J connectivity index is 2.21. The maximum atomic E-state index is 13.1. The van der Waals surface area contributed by atoms with Gasteiger partial charge in [-0.1, -0.05) is 36.4 Å². The molecule has 0 fully saturated rings. The molecule has 2 aromatic carbocycles. The second-order valence-corrected chi connectivity index (χ2v) is 4.41. The number of hydrogen-bond acceptors (Lipinski definition) is 2. The SMILES string of the molecule is NC(=O)CC(N)c1ccc(-c2cccc(F)c2)cc1. The van der Waals surface area contributed by atoms with Gasteiger partial charge in [-0.25, -0.2) is 4.39 Å². The van der Waals surface area contributed by atoms with Gasteiger partial charge in [-0.05, 0) is 28.8 Å². The molecule has 2 aromatic rings. The molecule has 0 heterocycles. The highest BCUT2D eigenvalue weighted by atomic mass is 19.1. The average molecular weight is 258 g/mol. The molecule has 0 aromatic heterocycles. The van der Waals surface area contributed by atoms with Crippen LogP contribution in [0.1, 0.15) is 18.0 Å². The predicted molar refractivity (Wildman–Crippen MR) is 72.6 cm³/mol. The van der Waals surface area contributed by atoms with Crippen molar-refractivity contribution in [2.75, 3.05) is 0 Å². The van der Waals surface area contributed by atoms with Gasteiger partial charge in [0.1, 0.15) is 5.82 Å². The van der Waals surface area contributed by atoms with E-state index in [0.717, 1.165) is 16.7 Å². The first-order valence-corrected chi connectivity index (χ1v) is 5.96. The molecule has 4 heteroatoms. The summed E-state index contributed by atoms with van der Waals surface area (Å²) < 4.78 is 13.1. The molecular formula is C15H15FN2O. The summed E-state index contributed by atoms with van der Waals surface area (Å²) in [4.78, 5) is 10.8. The molecule has 1 atom stereocenters. The molecule has 0 saturated carbocycles. The Morgan fingerprint density at radius 1 is 1.11 bits per heavy atom. The first kappa shape index (κ1) is 13.2. The number of nitrogens with two attached hydrogens (primary N) is 2. The van der Waals surface area contributed by atoms with E-state index in [9.17, 15) is 9.18 Å². The highest BCUT2D eigenvalue weighted by Gasteiger charge is 2.09. The minimum absolute atomic E-state index is 0.110. The van der Waals surface area contributed by atoms with Crippen LogP contribution in [0.15, 0.2) is 48.5 Å². The van der Waals surface area contributed by atoms with Gasteiger partial charge >= 0.3 is 0 Å². The maximum Gasteiger partial charge on any atom is 0.219 e. The van der Waals surface area contributed by atoms with Crippen LogP contribution in [0.2, 0.25) is 0 Å². The monoisotopic (exact) mass is 258 g/mol. The van der Waals surface area contributed by atoms with Gasteiger partial charge in [0.25, 0.3) is 0 Å². The third-order valence-corrected chi connectivity index (χ3v) is 2.92. The molecule has 0 saturated heterocycles. The van der Waals surface area contributed by atoms with Crippen LogP contribution in [0.5, 0.6) is 0 Å². The number of primary amides is 1. The van der Waals surface area contributed by atoms with E-state index in [4.69, 9.17) is 11.5 Å². The fraction of sp³-hybridized carbons (Fsp3) is 0.133. The minimum atomic E-state index is -0.429. The van der Waals surface area contributed by atoms with E-state index < -0.39 is 11.9 Å². The summed E-state index contributed by atoms with van der Waals surface area (Å²) in [6, 6.07) is 13.3. The molecule has 98 valence electrons. The third kappa shape index (κ3) is 3.39. The molecule has 0 aliphatic carbocycles. The summed E-state index contributed by atoms with van der Waals surface area (Å²) >= 11 is 0. The van der Waals surface area contributed by atoms with E-state index in [-0.39, 0.29) is 12.2 Å². The van der Waals surface area contributed by atoms with E-state index in [1.54, 1.807) is 6.07 Å². The Kier molecular flexibility index (Phi) is 3.92. The van der Waals surface area contributed by atoms with Crippen molar-refractivity contribution in [2.45, 2.75) is 12.5 Å². The molecule has 0 bridgehead atoms. The molecule has 0 aliphatic heterocycles. The van der Waals surface area contributed by atoms with Crippen LogP contribution in [-0.2, 0) is 4.79 Å². The zero-order valence-corrected chi connectivity index (χ0v) is 10.3. The van der Waals surface area contributed by atoms with Crippen molar-refractivity contribution in [1.82, 2.24) is 0 Å². The highest BCUT2D eigenvalue weighted by molar-refractivity contribution is 5.74. The van der Waals surface area contributed by atoms with Gasteiger partial charge in [-0.2, -0.15) is 0 Å². The van der Waals surface area contributed by atoms with E-state index in [0.29, 0.717) is 0 Å². The van der Waals surface area contributed by atoms with Crippen LogP contribution in [-0.4, -0.2) is 5.91 Å². The van der Waals surface area contributed by atoms with Crippen molar-refractivity contribution in [2.24, 2.45) is 11.5 Å². The van der Waals surface area contributed by atoms with Crippen LogP contribution in [0.3, 0.4) is 0 Å². The number of carbonyl (C=O) groups is 1. The van der Waals surface area contributed by atoms with Gasteiger partial charge in [0, 0.05) is 12.5 Å². The summed E-state index contributed by atoms with van der Waals surface area (Å²) in [5.74, 6) is -0.700. The van der Waals surface area contributed by atoms with Crippen molar-refractivity contribution >= 4 is 5.91 Å². The number of amides is 1. The molecular weight excluding hydrogens is 243 g/mol. The lowest BCUT2D eigenvalue weighted by atomic mass is 9.99. The molecule has 0 radical (unpaired) electrons. The normalized spacial score (nSPS) is 12.1. The van der Waals surface area contributed by atoms with Crippen molar-refractivity contribution in [3.63, 3.8) is 0 Å². The second-order valence-electron chi connectivity index (χ2n) is 4.41. The van der Waals surface area contributed by atoms with Gasteiger partial charge in [-0.3, -0.25) is 4.79 Å². The summed E-state index contributed by atoms with van der Waals surface area (Å²) in [6.45, 7) is 0. The summed E-state index contributed by atoms with van der Waals surface area (Å²) in [5, 5.41) is 0. The van der Waals surface area contributed by atoms with Crippen molar-refractivity contribution in [3.8, 4) is 11.1 Å². The van der Waals surface area contributed by atoms with E-state index >= 15 is 0 Å². The van der Waals surface area contributed by atoms with Gasteiger partial charge in [0.2, 0.25) is 5.91 Å². The Labute approximate surface area is 111 Å². The molecule has 0 spiro atoms. The standard InChI is InChI=1S/C15H15FN2O/c16-13-3-1-2-12(8-13)10-4-6-11(7-5-10)14(17)9-15(18)19/h1-8,14H,9,17H2,(H2,18,19). The zero-order chi connectivity index (χ0) is 13.8. The summed E-state index contributed by atoms with van der Waals surface area (Å²) in [6.07, 6.45) is 0.110. The summed E-state index contributed by atoms with van der Waals surface area (Å²) in [7, 11) is 0. The lowest BCUT2D eigenvalue weighted by Gasteiger charge is -2.10. The number of rotatable bonds is 4. The Bertz CT molecular complexity index is 581. The molecule has 4 N–H and O–H groups in total. The Hall–Kier alpha value is -2.20. The van der Waals surface area contributed by atoms with Gasteiger partial charge in [0.15, 0.2) is 0 Å². The first-order valence-electron chi connectivity index (χ1n) is 5.96. The Morgan fingerprint density at radius 3 is 2.37 bits per heavy atom. The van der Waals surface area contributed by atoms with Crippen LogP contribution in [0.25, 0.3) is 11.1 Å². The largest absolute Gasteiger partial charge is 0.370 e. The first-order chi connectivity index (χ1) is 9.06. The number of benzene rings is 2.